The number of pyridine rings is 1. The lowest BCUT2D eigenvalue weighted by Gasteiger charge is -2.22. The van der Waals surface area contributed by atoms with E-state index in [2.05, 4.69) is 12.2 Å². The van der Waals surface area contributed by atoms with Crippen LogP contribution in [-0.2, 0) is 12.8 Å². The summed E-state index contributed by atoms with van der Waals surface area (Å²) in [5.41, 5.74) is 5.51. The average Bonchev–Trinajstić information content (AvgIpc) is 2.44. The summed E-state index contributed by atoms with van der Waals surface area (Å²) in [6.07, 6.45) is 5.57. The minimum atomic E-state index is -0.174. The van der Waals surface area contributed by atoms with Crippen molar-refractivity contribution in [1.29, 1.82) is 0 Å². The number of aryl methyl sites for hydroxylation is 2. The molecule has 3 rings (SSSR count). The Labute approximate surface area is 119 Å². The van der Waals surface area contributed by atoms with Gasteiger partial charge in [-0.05, 0) is 62.3 Å². The first-order valence-corrected chi connectivity index (χ1v) is 7.56. The molecule has 0 saturated carbocycles. The number of hydrogen-bond donors (Lipinski definition) is 1. The van der Waals surface area contributed by atoms with Crippen LogP contribution in [0.4, 0.5) is 10.1 Å². The third kappa shape index (κ3) is 2.26. The zero-order chi connectivity index (χ0) is 14.1. The van der Waals surface area contributed by atoms with Crippen molar-refractivity contribution in [1.82, 2.24) is 4.98 Å². The molecule has 1 heterocycles. The van der Waals surface area contributed by atoms with Gasteiger partial charge in [0, 0.05) is 23.3 Å². The van der Waals surface area contributed by atoms with Crippen molar-refractivity contribution >= 4 is 16.6 Å². The van der Waals surface area contributed by atoms with Gasteiger partial charge in [0.1, 0.15) is 5.82 Å². The third-order valence-corrected chi connectivity index (χ3v) is 4.07. The molecule has 0 spiro atoms. The van der Waals surface area contributed by atoms with Crippen LogP contribution >= 0.6 is 0 Å². The second kappa shape index (κ2) is 5.39. The molecule has 1 N–H and O–H groups in total. The number of aromatic nitrogens is 1. The number of nitrogens with zero attached hydrogens (tertiary/aromatic N) is 1. The molecule has 106 valence electrons. The van der Waals surface area contributed by atoms with Gasteiger partial charge in [-0.1, -0.05) is 6.92 Å². The zero-order valence-corrected chi connectivity index (χ0v) is 12.2. The highest BCUT2D eigenvalue weighted by Crippen LogP contribution is 2.34. The summed E-state index contributed by atoms with van der Waals surface area (Å²) in [6, 6.07) is 3.20. The quantitative estimate of drug-likeness (QED) is 0.896. The van der Waals surface area contributed by atoms with Crippen LogP contribution in [0.25, 0.3) is 10.9 Å². The van der Waals surface area contributed by atoms with Crippen LogP contribution < -0.4 is 5.32 Å². The standard InChI is InChI=1S/C17H21FN2/c1-3-8-19-17-13-6-4-5-7-15(13)20-16-11(2)9-12(18)10-14(16)17/h9-10H,3-8H2,1-2H3,(H,19,20). The van der Waals surface area contributed by atoms with Gasteiger partial charge in [0.2, 0.25) is 0 Å². The fourth-order valence-corrected chi connectivity index (χ4v) is 3.11. The maximum atomic E-state index is 13.8. The number of nitrogens with one attached hydrogen (secondary N) is 1. The summed E-state index contributed by atoms with van der Waals surface area (Å²) < 4.78 is 13.8. The Hall–Kier alpha value is -1.64. The van der Waals surface area contributed by atoms with E-state index in [4.69, 9.17) is 4.98 Å². The van der Waals surface area contributed by atoms with Gasteiger partial charge in [0.25, 0.3) is 0 Å². The van der Waals surface area contributed by atoms with Crippen molar-refractivity contribution < 1.29 is 4.39 Å². The second-order valence-electron chi connectivity index (χ2n) is 5.66. The molecule has 0 amide bonds. The molecule has 0 fully saturated rings. The summed E-state index contributed by atoms with van der Waals surface area (Å²) in [5, 5.41) is 4.45. The van der Waals surface area contributed by atoms with Crippen molar-refractivity contribution in [2.24, 2.45) is 0 Å². The second-order valence-corrected chi connectivity index (χ2v) is 5.66. The number of anilines is 1. The maximum Gasteiger partial charge on any atom is 0.124 e. The van der Waals surface area contributed by atoms with Crippen molar-refractivity contribution in [3.05, 3.63) is 34.8 Å². The van der Waals surface area contributed by atoms with Gasteiger partial charge in [-0.3, -0.25) is 4.98 Å². The SMILES string of the molecule is CCCNc1c2c(nc3c(C)cc(F)cc13)CCCC2. The summed E-state index contributed by atoms with van der Waals surface area (Å²) >= 11 is 0. The molecule has 20 heavy (non-hydrogen) atoms. The lowest BCUT2D eigenvalue weighted by molar-refractivity contribution is 0.628. The average molecular weight is 272 g/mol. The van der Waals surface area contributed by atoms with Gasteiger partial charge >= 0.3 is 0 Å². The molecule has 0 unspecified atom stereocenters. The normalized spacial score (nSPS) is 14.3. The zero-order valence-electron chi connectivity index (χ0n) is 12.2. The van der Waals surface area contributed by atoms with E-state index in [1.165, 1.54) is 24.1 Å². The summed E-state index contributed by atoms with van der Waals surface area (Å²) in [4.78, 5) is 4.82. The van der Waals surface area contributed by atoms with E-state index in [1.807, 2.05) is 6.92 Å². The Morgan fingerprint density at radius 1 is 1.25 bits per heavy atom. The first-order valence-electron chi connectivity index (χ1n) is 7.56. The molecule has 2 nitrogen and oxygen atoms in total. The molecule has 2 aromatic rings. The fourth-order valence-electron chi connectivity index (χ4n) is 3.11. The van der Waals surface area contributed by atoms with Crippen LogP contribution in [0.1, 0.15) is 43.0 Å². The van der Waals surface area contributed by atoms with Crippen LogP contribution in [0.5, 0.6) is 0 Å². The molecule has 0 atom stereocenters. The lowest BCUT2D eigenvalue weighted by atomic mass is 9.92. The van der Waals surface area contributed by atoms with E-state index in [0.29, 0.717) is 0 Å². The highest BCUT2D eigenvalue weighted by atomic mass is 19.1. The molecule has 0 bridgehead atoms. The molecule has 3 heteroatoms. The van der Waals surface area contributed by atoms with Crippen LogP contribution in [0, 0.1) is 12.7 Å². The van der Waals surface area contributed by atoms with Gasteiger partial charge in [-0.15, -0.1) is 0 Å². The van der Waals surface area contributed by atoms with Crippen molar-refractivity contribution in [2.45, 2.75) is 46.0 Å². The summed E-state index contributed by atoms with van der Waals surface area (Å²) in [7, 11) is 0. The molecule has 0 radical (unpaired) electrons. The molecule has 1 aliphatic rings. The van der Waals surface area contributed by atoms with Crippen LogP contribution in [0.15, 0.2) is 12.1 Å². The minimum Gasteiger partial charge on any atom is -0.384 e. The highest BCUT2D eigenvalue weighted by Gasteiger charge is 2.19. The van der Waals surface area contributed by atoms with E-state index >= 15 is 0 Å². The number of hydrogen-bond acceptors (Lipinski definition) is 2. The van der Waals surface area contributed by atoms with Gasteiger partial charge in [0.15, 0.2) is 0 Å². The van der Waals surface area contributed by atoms with Crippen LogP contribution in [0.2, 0.25) is 0 Å². The summed E-state index contributed by atoms with van der Waals surface area (Å²) in [5.74, 6) is -0.174. The summed E-state index contributed by atoms with van der Waals surface area (Å²) in [6.45, 7) is 5.01. The Bertz CT molecular complexity index is 649. The molecule has 1 aromatic heterocycles. The molecular formula is C17H21FN2. The van der Waals surface area contributed by atoms with Crippen LogP contribution in [0.3, 0.4) is 0 Å². The molecular weight excluding hydrogens is 251 g/mol. The van der Waals surface area contributed by atoms with E-state index < -0.39 is 0 Å². The number of halogens is 1. The first kappa shape index (κ1) is 13.3. The van der Waals surface area contributed by atoms with Crippen LogP contribution in [-0.4, -0.2) is 11.5 Å². The third-order valence-electron chi connectivity index (χ3n) is 4.07. The van der Waals surface area contributed by atoms with Gasteiger partial charge in [-0.25, -0.2) is 4.39 Å². The molecule has 0 aliphatic heterocycles. The van der Waals surface area contributed by atoms with E-state index in [9.17, 15) is 4.39 Å². The Balaban J connectivity index is 2.27. The predicted octanol–water partition coefficient (Wildman–Crippen LogP) is 4.38. The van der Waals surface area contributed by atoms with E-state index in [0.717, 1.165) is 48.0 Å². The predicted molar refractivity (Wildman–Crippen MR) is 81.9 cm³/mol. The lowest BCUT2D eigenvalue weighted by Crippen LogP contribution is -2.12. The van der Waals surface area contributed by atoms with Gasteiger partial charge < -0.3 is 5.32 Å². The first-order chi connectivity index (χ1) is 9.70. The van der Waals surface area contributed by atoms with Gasteiger partial charge in [-0.2, -0.15) is 0 Å². The smallest absolute Gasteiger partial charge is 0.124 e. The monoisotopic (exact) mass is 272 g/mol. The molecule has 0 saturated heterocycles. The maximum absolute atomic E-state index is 13.8. The van der Waals surface area contributed by atoms with Crippen molar-refractivity contribution in [3.63, 3.8) is 0 Å². The topological polar surface area (TPSA) is 24.9 Å². The Morgan fingerprint density at radius 2 is 2.05 bits per heavy atom. The number of benzene rings is 1. The Morgan fingerprint density at radius 3 is 2.85 bits per heavy atom. The largest absolute Gasteiger partial charge is 0.384 e. The Kier molecular flexibility index (Phi) is 3.60. The van der Waals surface area contributed by atoms with Crippen molar-refractivity contribution in [2.75, 3.05) is 11.9 Å². The van der Waals surface area contributed by atoms with Gasteiger partial charge in [0.05, 0.1) is 5.52 Å². The fraction of sp³-hybridized carbons (Fsp3) is 0.471. The molecule has 1 aliphatic carbocycles. The highest BCUT2D eigenvalue weighted by molar-refractivity contribution is 5.95. The number of rotatable bonds is 3. The minimum absolute atomic E-state index is 0.174. The van der Waals surface area contributed by atoms with E-state index in [1.54, 1.807) is 12.1 Å². The van der Waals surface area contributed by atoms with Crippen molar-refractivity contribution in [3.8, 4) is 0 Å². The molecule has 1 aromatic carbocycles. The number of fused-ring (bicyclic) bond motifs is 2. The van der Waals surface area contributed by atoms with E-state index in [-0.39, 0.29) is 5.82 Å².